The Hall–Kier alpha value is -1.36. The number of rotatable bonds is 5. The summed E-state index contributed by atoms with van der Waals surface area (Å²) >= 11 is 5.67. The smallest absolute Gasteiger partial charge is 0.244 e. The normalized spacial score (nSPS) is 12.0. The van der Waals surface area contributed by atoms with E-state index in [-0.39, 0.29) is 17.2 Å². The van der Waals surface area contributed by atoms with Crippen molar-refractivity contribution in [1.82, 2.24) is 14.9 Å². The summed E-state index contributed by atoms with van der Waals surface area (Å²) in [7, 11) is 0. The number of likely N-dealkylation sites (N-methyl/N-ethyl adjacent to an activating group) is 1. The van der Waals surface area contributed by atoms with Gasteiger partial charge in [-0.2, -0.15) is 0 Å². The largest absolute Gasteiger partial charge is 0.358 e. The van der Waals surface area contributed by atoms with Gasteiger partial charge < -0.3 is 10.2 Å². The molecule has 6 heteroatoms. The zero-order valence-electron chi connectivity index (χ0n) is 10.3. The maximum absolute atomic E-state index is 12.0. The van der Waals surface area contributed by atoms with Crippen molar-refractivity contribution in [2.24, 2.45) is 0 Å². The monoisotopic (exact) mass is 256 g/mol. The Labute approximate surface area is 106 Å². The second-order valence-corrected chi connectivity index (χ2v) is 3.93. The van der Waals surface area contributed by atoms with Crippen molar-refractivity contribution < 1.29 is 4.79 Å². The first kappa shape index (κ1) is 13.7. The zero-order valence-corrected chi connectivity index (χ0v) is 11.0. The summed E-state index contributed by atoms with van der Waals surface area (Å²) < 4.78 is 0. The van der Waals surface area contributed by atoms with Crippen molar-refractivity contribution in [1.29, 1.82) is 0 Å². The highest BCUT2D eigenvalue weighted by Crippen LogP contribution is 2.08. The van der Waals surface area contributed by atoms with Crippen molar-refractivity contribution in [2.75, 3.05) is 18.4 Å². The Morgan fingerprint density at radius 1 is 1.53 bits per heavy atom. The molecular weight excluding hydrogens is 240 g/mol. The van der Waals surface area contributed by atoms with Gasteiger partial charge in [-0.3, -0.25) is 4.79 Å². The molecule has 1 N–H and O–H groups in total. The van der Waals surface area contributed by atoms with Gasteiger partial charge in [-0.25, -0.2) is 9.97 Å². The molecule has 94 valence electrons. The van der Waals surface area contributed by atoms with Gasteiger partial charge in [-0.05, 0) is 38.4 Å². The first-order valence-electron chi connectivity index (χ1n) is 5.62. The van der Waals surface area contributed by atoms with Crippen LogP contribution in [0.5, 0.6) is 0 Å². The van der Waals surface area contributed by atoms with Gasteiger partial charge in [0.15, 0.2) is 0 Å². The number of hydrogen-bond acceptors (Lipinski definition) is 4. The van der Waals surface area contributed by atoms with Crippen LogP contribution in [-0.4, -0.2) is 39.9 Å². The summed E-state index contributed by atoms with van der Waals surface area (Å²) in [5.74, 6) is 0.600. The molecule has 1 aromatic heterocycles. The molecule has 0 spiro atoms. The molecule has 1 heterocycles. The van der Waals surface area contributed by atoms with E-state index in [4.69, 9.17) is 11.6 Å². The van der Waals surface area contributed by atoms with Crippen LogP contribution in [0.3, 0.4) is 0 Å². The summed E-state index contributed by atoms with van der Waals surface area (Å²) in [5.41, 5.74) is 0. The van der Waals surface area contributed by atoms with Gasteiger partial charge in [0.05, 0.1) is 0 Å². The molecule has 0 fully saturated rings. The molecule has 0 bridgehead atoms. The van der Waals surface area contributed by atoms with Gasteiger partial charge in [0.1, 0.15) is 11.9 Å². The van der Waals surface area contributed by atoms with Gasteiger partial charge in [0.25, 0.3) is 0 Å². The molecule has 0 aliphatic rings. The van der Waals surface area contributed by atoms with Crippen LogP contribution in [0.25, 0.3) is 0 Å². The number of aromatic nitrogens is 2. The number of carbonyl (C=O) groups is 1. The maximum atomic E-state index is 12.0. The number of anilines is 1. The van der Waals surface area contributed by atoms with E-state index in [2.05, 4.69) is 15.3 Å². The van der Waals surface area contributed by atoms with Crippen LogP contribution in [0.2, 0.25) is 5.28 Å². The van der Waals surface area contributed by atoms with Crippen molar-refractivity contribution in [2.45, 2.75) is 26.8 Å². The molecule has 0 saturated heterocycles. The zero-order chi connectivity index (χ0) is 12.8. The Balaban J connectivity index is 2.65. The quantitative estimate of drug-likeness (QED) is 0.817. The standard InChI is InChI=1S/C11H17ClN4O/c1-4-16(5-2)10(17)8(3)14-9-6-7-13-11(12)15-9/h6-8H,4-5H2,1-3H3,(H,13,14,15). The van der Waals surface area contributed by atoms with Gasteiger partial charge in [0.2, 0.25) is 11.2 Å². The minimum absolute atomic E-state index is 0.0461. The molecule has 0 aliphatic carbocycles. The van der Waals surface area contributed by atoms with Gasteiger partial charge in [-0.1, -0.05) is 0 Å². The van der Waals surface area contributed by atoms with Crippen LogP contribution >= 0.6 is 11.6 Å². The van der Waals surface area contributed by atoms with E-state index in [9.17, 15) is 4.79 Å². The highest BCUT2D eigenvalue weighted by atomic mass is 35.5. The molecule has 1 atom stereocenters. The molecular formula is C11H17ClN4O. The molecule has 0 radical (unpaired) electrons. The van der Waals surface area contributed by atoms with Crippen molar-refractivity contribution in [3.63, 3.8) is 0 Å². The summed E-state index contributed by atoms with van der Waals surface area (Å²) in [6, 6.07) is 1.35. The number of hydrogen-bond donors (Lipinski definition) is 1. The molecule has 1 amide bonds. The number of amides is 1. The SMILES string of the molecule is CCN(CC)C(=O)C(C)Nc1ccnc(Cl)n1. The fourth-order valence-electron chi connectivity index (χ4n) is 1.51. The molecule has 1 unspecified atom stereocenters. The van der Waals surface area contributed by atoms with E-state index in [1.54, 1.807) is 24.1 Å². The van der Waals surface area contributed by atoms with Crippen LogP contribution < -0.4 is 5.32 Å². The van der Waals surface area contributed by atoms with E-state index >= 15 is 0 Å². The van der Waals surface area contributed by atoms with Crippen LogP contribution in [0.4, 0.5) is 5.82 Å². The van der Waals surface area contributed by atoms with E-state index < -0.39 is 0 Å². The molecule has 1 aromatic rings. The first-order chi connectivity index (χ1) is 8.08. The summed E-state index contributed by atoms with van der Waals surface area (Å²) in [4.78, 5) is 21.5. The predicted molar refractivity (Wildman–Crippen MR) is 68.1 cm³/mol. The Morgan fingerprint density at radius 3 is 2.71 bits per heavy atom. The second-order valence-electron chi connectivity index (χ2n) is 3.59. The Kier molecular flexibility index (Phi) is 5.15. The van der Waals surface area contributed by atoms with Crippen LogP contribution in [0.15, 0.2) is 12.3 Å². The number of halogens is 1. The Morgan fingerprint density at radius 2 is 2.18 bits per heavy atom. The van der Waals surface area contributed by atoms with E-state index in [0.29, 0.717) is 18.9 Å². The van der Waals surface area contributed by atoms with Crippen molar-refractivity contribution in [3.8, 4) is 0 Å². The number of carbonyl (C=O) groups excluding carboxylic acids is 1. The topological polar surface area (TPSA) is 58.1 Å². The van der Waals surface area contributed by atoms with E-state index in [0.717, 1.165) is 0 Å². The summed E-state index contributed by atoms with van der Waals surface area (Å²) in [6.45, 7) is 7.11. The third kappa shape index (κ3) is 3.85. The molecule has 0 aromatic carbocycles. The van der Waals surface area contributed by atoms with Crippen LogP contribution in [0, 0.1) is 0 Å². The second kappa shape index (κ2) is 6.39. The van der Waals surface area contributed by atoms with Gasteiger partial charge in [-0.15, -0.1) is 0 Å². The minimum atomic E-state index is -0.333. The predicted octanol–water partition coefficient (Wildman–Crippen LogP) is 1.80. The Bertz CT molecular complexity index is 381. The summed E-state index contributed by atoms with van der Waals surface area (Å²) in [6.07, 6.45) is 1.55. The maximum Gasteiger partial charge on any atom is 0.244 e. The third-order valence-electron chi connectivity index (χ3n) is 2.44. The third-order valence-corrected chi connectivity index (χ3v) is 2.62. The number of nitrogens with one attached hydrogen (secondary N) is 1. The van der Waals surface area contributed by atoms with Crippen LogP contribution in [-0.2, 0) is 4.79 Å². The lowest BCUT2D eigenvalue weighted by Gasteiger charge is -2.23. The van der Waals surface area contributed by atoms with E-state index in [1.165, 1.54) is 0 Å². The van der Waals surface area contributed by atoms with Crippen molar-refractivity contribution >= 4 is 23.3 Å². The van der Waals surface area contributed by atoms with Gasteiger partial charge >= 0.3 is 0 Å². The minimum Gasteiger partial charge on any atom is -0.358 e. The number of nitrogens with zero attached hydrogens (tertiary/aromatic N) is 3. The fourth-order valence-corrected chi connectivity index (χ4v) is 1.66. The molecule has 17 heavy (non-hydrogen) atoms. The van der Waals surface area contributed by atoms with Crippen LogP contribution in [0.1, 0.15) is 20.8 Å². The first-order valence-corrected chi connectivity index (χ1v) is 6.00. The lowest BCUT2D eigenvalue weighted by atomic mass is 10.3. The average Bonchev–Trinajstić information content (AvgIpc) is 2.30. The molecule has 1 rings (SSSR count). The molecule has 5 nitrogen and oxygen atoms in total. The van der Waals surface area contributed by atoms with E-state index in [1.807, 2.05) is 13.8 Å². The molecule has 0 saturated carbocycles. The molecule has 0 aliphatic heterocycles. The lowest BCUT2D eigenvalue weighted by Crippen LogP contribution is -2.41. The average molecular weight is 257 g/mol. The lowest BCUT2D eigenvalue weighted by molar-refractivity contribution is -0.131. The summed E-state index contributed by atoms with van der Waals surface area (Å²) in [5, 5.41) is 3.17. The van der Waals surface area contributed by atoms with Gasteiger partial charge in [0, 0.05) is 19.3 Å². The highest BCUT2D eigenvalue weighted by Gasteiger charge is 2.18. The van der Waals surface area contributed by atoms with Crippen molar-refractivity contribution in [3.05, 3.63) is 17.5 Å². The highest BCUT2D eigenvalue weighted by molar-refractivity contribution is 6.28. The fraction of sp³-hybridized carbons (Fsp3) is 0.545.